The number of amides is 1. The van der Waals surface area contributed by atoms with Gasteiger partial charge in [0, 0.05) is 26.7 Å². The standard InChI is InChI=1S/C17H24N2O4S/c1-3-23-14-5-7-15(8-6-14)24(21,22)19-12-10-17(13-19)9-4-11-18(2)16(17)20/h5-8H,3-4,9-13H2,1-2H3/t17-/m0/s1. The van der Waals surface area contributed by atoms with Crippen molar-refractivity contribution in [1.82, 2.24) is 9.21 Å². The van der Waals surface area contributed by atoms with E-state index in [1.165, 1.54) is 4.31 Å². The van der Waals surface area contributed by atoms with Crippen LogP contribution in [0.25, 0.3) is 0 Å². The minimum Gasteiger partial charge on any atom is -0.494 e. The maximum atomic E-state index is 12.9. The highest BCUT2D eigenvalue weighted by atomic mass is 32.2. The average molecular weight is 352 g/mol. The third-order valence-corrected chi connectivity index (χ3v) is 6.90. The van der Waals surface area contributed by atoms with Crippen molar-refractivity contribution in [2.45, 2.75) is 31.1 Å². The van der Waals surface area contributed by atoms with Crippen LogP contribution in [-0.2, 0) is 14.8 Å². The summed E-state index contributed by atoms with van der Waals surface area (Å²) in [6.07, 6.45) is 2.30. The molecule has 7 heteroatoms. The number of likely N-dealkylation sites (tertiary alicyclic amines) is 1. The van der Waals surface area contributed by atoms with Crippen molar-refractivity contribution in [2.24, 2.45) is 5.41 Å². The van der Waals surface area contributed by atoms with Gasteiger partial charge in [-0.1, -0.05) is 0 Å². The van der Waals surface area contributed by atoms with E-state index in [1.54, 1.807) is 36.2 Å². The van der Waals surface area contributed by atoms with Gasteiger partial charge < -0.3 is 9.64 Å². The molecule has 1 spiro atoms. The van der Waals surface area contributed by atoms with Crippen LogP contribution in [0.15, 0.2) is 29.2 Å². The van der Waals surface area contributed by atoms with Crippen molar-refractivity contribution in [1.29, 1.82) is 0 Å². The molecule has 1 amide bonds. The molecule has 0 radical (unpaired) electrons. The monoisotopic (exact) mass is 352 g/mol. The molecule has 3 rings (SSSR count). The van der Waals surface area contributed by atoms with Gasteiger partial charge in [-0.2, -0.15) is 4.31 Å². The van der Waals surface area contributed by atoms with Gasteiger partial charge in [0.05, 0.1) is 16.9 Å². The number of piperidine rings is 1. The number of benzene rings is 1. The topological polar surface area (TPSA) is 66.9 Å². The van der Waals surface area contributed by atoms with Gasteiger partial charge in [0.1, 0.15) is 5.75 Å². The van der Waals surface area contributed by atoms with Gasteiger partial charge in [0.25, 0.3) is 0 Å². The summed E-state index contributed by atoms with van der Waals surface area (Å²) < 4.78 is 32.6. The summed E-state index contributed by atoms with van der Waals surface area (Å²) in [4.78, 5) is 14.5. The minimum absolute atomic E-state index is 0.0816. The van der Waals surface area contributed by atoms with E-state index in [4.69, 9.17) is 4.74 Å². The van der Waals surface area contributed by atoms with Gasteiger partial charge in [-0.25, -0.2) is 8.42 Å². The predicted molar refractivity (Wildman–Crippen MR) is 90.3 cm³/mol. The van der Waals surface area contributed by atoms with Crippen LogP contribution in [0.4, 0.5) is 0 Å². The van der Waals surface area contributed by atoms with Crippen molar-refractivity contribution in [3.05, 3.63) is 24.3 Å². The van der Waals surface area contributed by atoms with E-state index in [0.29, 0.717) is 25.3 Å². The van der Waals surface area contributed by atoms with E-state index in [-0.39, 0.29) is 17.3 Å². The third kappa shape index (κ3) is 2.91. The first-order valence-corrected chi connectivity index (χ1v) is 9.82. The Bertz CT molecular complexity index is 717. The number of nitrogens with zero attached hydrogens (tertiary/aromatic N) is 2. The zero-order valence-corrected chi connectivity index (χ0v) is 15.0. The highest BCUT2D eigenvalue weighted by molar-refractivity contribution is 7.89. The molecule has 2 fully saturated rings. The second kappa shape index (κ2) is 6.37. The van der Waals surface area contributed by atoms with Crippen LogP contribution in [0, 0.1) is 5.41 Å². The number of sulfonamides is 1. The second-order valence-electron chi connectivity index (χ2n) is 6.60. The van der Waals surface area contributed by atoms with Crippen molar-refractivity contribution < 1.29 is 17.9 Å². The largest absolute Gasteiger partial charge is 0.494 e. The molecule has 1 aromatic rings. The van der Waals surface area contributed by atoms with E-state index in [9.17, 15) is 13.2 Å². The summed E-state index contributed by atoms with van der Waals surface area (Å²) in [7, 11) is -1.78. The molecule has 0 unspecified atom stereocenters. The van der Waals surface area contributed by atoms with E-state index >= 15 is 0 Å². The molecule has 2 aliphatic rings. The normalized spacial score (nSPS) is 25.4. The zero-order valence-electron chi connectivity index (χ0n) is 14.2. The maximum Gasteiger partial charge on any atom is 0.243 e. The maximum absolute atomic E-state index is 12.9. The van der Waals surface area contributed by atoms with Crippen molar-refractivity contribution in [3.63, 3.8) is 0 Å². The first-order chi connectivity index (χ1) is 11.4. The lowest BCUT2D eigenvalue weighted by atomic mass is 9.78. The fourth-order valence-electron chi connectivity index (χ4n) is 3.71. The molecule has 2 saturated heterocycles. The summed E-state index contributed by atoms with van der Waals surface area (Å²) in [5.74, 6) is 0.733. The summed E-state index contributed by atoms with van der Waals surface area (Å²) in [6.45, 7) is 3.86. The van der Waals surface area contributed by atoms with Crippen LogP contribution in [0.5, 0.6) is 5.75 Å². The summed E-state index contributed by atoms with van der Waals surface area (Å²) in [6, 6.07) is 6.48. The Morgan fingerprint density at radius 2 is 1.88 bits per heavy atom. The summed E-state index contributed by atoms with van der Waals surface area (Å²) in [5, 5.41) is 0. The van der Waals surface area contributed by atoms with Gasteiger partial charge >= 0.3 is 0 Å². The quantitative estimate of drug-likeness (QED) is 0.827. The predicted octanol–water partition coefficient (Wildman–Crippen LogP) is 1.72. The lowest BCUT2D eigenvalue weighted by Crippen LogP contribution is -2.48. The van der Waals surface area contributed by atoms with E-state index in [1.807, 2.05) is 6.92 Å². The molecule has 0 saturated carbocycles. The first-order valence-electron chi connectivity index (χ1n) is 8.38. The smallest absolute Gasteiger partial charge is 0.243 e. The Hall–Kier alpha value is -1.60. The highest BCUT2D eigenvalue weighted by Crippen LogP contribution is 2.41. The molecule has 1 atom stereocenters. The number of carbonyl (C=O) groups is 1. The molecular weight excluding hydrogens is 328 g/mol. The molecular formula is C17H24N2O4S. The van der Waals surface area contributed by atoms with E-state index in [2.05, 4.69) is 0 Å². The first kappa shape index (κ1) is 17.2. The number of hydrogen-bond donors (Lipinski definition) is 0. The number of hydrogen-bond acceptors (Lipinski definition) is 4. The van der Waals surface area contributed by atoms with Crippen molar-refractivity contribution >= 4 is 15.9 Å². The third-order valence-electron chi connectivity index (χ3n) is 5.04. The van der Waals surface area contributed by atoms with E-state index in [0.717, 1.165) is 19.4 Å². The van der Waals surface area contributed by atoms with Gasteiger partial charge in [-0.3, -0.25) is 4.79 Å². The van der Waals surface area contributed by atoms with Crippen molar-refractivity contribution in [3.8, 4) is 5.75 Å². The van der Waals surface area contributed by atoms with Crippen LogP contribution in [0.2, 0.25) is 0 Å². The van der Waals surface area contributed by atoms with Gasteiger partial charge in [-0.05, 0) is 50.5 Å². The highest BCUT2D eigenvalue weighted by Gasteiger charge is 2.50. The molecule has 0 aliphatic carbocycles. The molecule has 1 aromatic carbocycles. The molecule has 132 valence electrons. The molecule has 6 nitrogen and oxygen atoms in total. The summed E-state index contributed by atoms with van der Waals surface area (Å²) >= 11 is 0. The van der Waals surface area contributed by atoms with Crippen LogP contribution < -0.4 is 4.74 Å². The molecule has 0 N–H and O–H groups in total. The second-order valence-corrected chi connectivity index (χ2v) is 8.54. The van der Waals surface area contributed by atoms with Crippen LogP contribution in [0.1, 0.15) is 26.2 Å². The number of rotatable bonds is 4. The number of ether oxygens (including phenoxy) is 1. The molecule has 0 aromatic heterocycles. The molecule has 0 bridgehead atoms. The summed E-state index contributed by atoms with van der Waals surface area (Å²) in [5.41, 5.74) is -0.536. The van der Waals surface area contributed by atoms with Crippen molar-refractivity contribution in [2.75, 3.05) is 33.3 Å². The molecule has 2 heterocycles. The van der Waals surface area contributed by atoms with E-state index < -0.39 is 15.4 Å². The lowest BCUT2D eigenvalue weighted by molar-refractivity contribution is -0.143. The minimum atomic E-state index is -3.58. The fraction of sp³-hybridized carbons (Fsp3) is 0.588. The van der Waals surface area contributed by atoms with Gasteiger partial charge in [0.15, 0.2) is 0 Å². The zero-order chi connectivity index (χ0) is 17.4. The Morgan fingerprint density at radius 1 is 1.17 bits per heavy atom. The fourth-order valence-corrected chi connectivity index (χ4v) is 5.24. The molecule has 24 heavy (non-hydrogen) atoms. The Balaban J connectivity index is 1.80. The Labute approximate surface area is 143 Å². The van der Waals surface area contributed by atoms with Gasteiger partial charge in [-0.15, -0.1) is 0 Å². The van der Waals surface area contributed by atoms with Crippen LogP contribution in [-0.4, -0.2) is 56.8 Å². The average Bonchev–Trinajstić information content (AvgIpc) is 2.99. The Morgan fingerprint density at radius 3 is 2.54 bits per heavy atom. The molecule has 2 aliphatic heterocycles. The number of carbonyl (C=O) groups excluding carboxylic acids is 1. The lowest BCUT2D eigenvalue weighted by Gasteiger charge is -2.37. The SMILES string of the molecule is CCOc1ccc(S(=O)(=O)N2CC[C@@]3(CCCN(C)C3=O)C2)cc1. The van der Waals surface area contributed by atoms with Crippen LogP contribution in [0.3, 0.4) is 0 Å². The van der Waals surface area contributed by atoms with Gasteiger partial charge in [0.2, 0.25) is 15.9 Å². The van der Waals surface area contributed by atoms with Crippen LogP contribution >= 0.6 is 0 Å². The Kier molecular flexibility index (Phi) is 4.57.